The third kappa shape index (κ3) is 2.20. The van der Waals surface area contributed by atoms with Gasteiger partial charge in [-0.05, 0) is 66.3 Å². The second-order valence-corrected chi connectivity index (χ2v) is 5.32. The van der Waals surface area contributed by atoms with Crippen LogP contribution in [-0.4, -0.2) is 5.11 Å². The van der Waals surface area contributed by atoms with Crippen LogP contribution in [0.4, 0.5) is 0 Å². The molecule has 0 aromatic heterocycles. The van der Waals surface area contributed by atoms with E-state index in [4.69, 9.17) is 0 Å². The summed E-state index contributed by atoms with van der Waals surface area (Å²) in [5.74, 6) is 1.18. The molecule has 1 aromatic carbocycles. The maximum atomic E-state index is 10.1. The Labute approximate surface area is 105 Å². The highest BCUT2D eigenvalue weighted by atomic mass is 16.3. The lowest BCUT2D eigenvalue weighted by Gasteiger charge is -2.17. The van der Waals surface area contributed by atoms with Gasteiger partial charge in [0.2, 0.25) is 0 Å². The van der Waals surface area contributed by atoms with Crippen molar-refractivity contribution in [3.8, 4) is 5.75 Å². The van der Waals surface area contributed by atoms with E-state index in [0.29, 0.717) is 11.7 Å². The number of hydrogen-bond donors (Lipinski definition) is 1. The van der Waals surface area contributed by atoms with E-state index in [1.54, 1.807) is 0 Å². The molecule has 0 saturated heterocycles. The summed E-state index contributed by atoms with van der Waals surface area (Å²) in [6, 6.07) is 2.03. The van der Waals surface area contributed by atoms with Crippen molar-refractivity contribution in [1.82, 2.24) is 0 Å². The first kappa shape index (κ1) is 12.5. The summed E-state index contributed by atoms with van der Waals surface area (Å²) in [5.41, 5.74) is 5.61. The molecule has 0 fully saturated rings. The van der Waals surface area contributed by atoms with Gasteiger partial charge < -0.3 is 5.11 Å². The average molecular weight is 232 g/mol. The van der Waals surface area contributed by atoms with E-state index >= 15 is 0 Å². The maximum Gasteiger partial charge on any atom is 0.119 e. The van der Waals surface area contributed by atoms with Crippen LogP contribution in [0.15, 0.2) is 6.07 Å². The van der Waals surface area contributed by atoms with Crippen LogP contribution in [0.2, 0.25) is 0 Å². The standard InChI is InChI=1S/C16H24O/c1-4-6-7-12-10-15(17)14-9-8-11(3)16(14)13(12)5-2/h10-11,17H,4-9H2,1-3H3. The number of benzene rings is 1. The van der Waals surface area contributed by atoms with Crippen LogP contribution < -0.4 is 0 Å². The predicted molar refractivity (Wildman–Crippen MR) is 72.8 cm³/mol. The lowest BCUT2D eigenvalue weighted by molar-refractivity contribution is 0.468. The van der Waals surface area contributed by atoms with E-state index in [1.165, 1.54) is 41.5 Å². The van der Waals surface area contributed by atoms with Gasteiger partial charge in [-0.3, -0.25) is 0 Å². The Morgan fingerprint density at radius 2 is 2.12 bits per heavy atom. The first-order valence-electron chi connectivity index (χ1n) is 7.05. The van der Waals surface area contributed by atoms with Crippen molar-refractivity contribution in [2.45, 2.75) is 65.2 Å². The second kappa shape index (κ2) is 5.12. The fourth-order valence-corrected chi connectivity index (χ4v) is 3.20. The quantitative estimate of drug-likeness (QED) is 0.818. The van der Waals surface area contributed by atoms with Gasteiger partial charge in [-0.1, -0.05) is 27.2 Å². The van der Waals surface area contributed by atoms with E-state index in [-0.39, 0.29) is 0 Å². The summed E-state index contributed by atoms with van der Waals surface area (Å²) >= 11 is 0. The number of phenolic OH excluding ortho intramolecular Hbond substituents is 1. The van der Waals surface area contributed by atoms with Gasteiger partial charge in [-0.15, -0.1) is 0 Å². The molecule has 94 valence electrons. The molecule has 17 heavy (non-hydrogen) atoms. The fraction of sp³-hybridized carbons (Fsp3) is 0.625. The third-order valence-corrected chi connectivity index (χ3v) is 4.13. The van der Waals surface area contributed by atoms with Gasteiger partial charge in [0.1, 0.15) is 5.75 Å². The summed E-state index contributed by atoms with van der Waals surface area (Å²) in [6.45, 7) is 6.77. The summed E-state index contributed by atoms with van der Waals surface area (Å²) < 4.78 is 0. The molecule has 0 heterocycles. The third-order valence-electron chi connectivity index (χ3n) is 4.13. The van der Waals surface area contributed by atoms with Gasteiger partial charge in [0.15, 0.2) is 0 Å². The van der Waals surface area contributed by atoms with Gasteiger partial charge in [-0.25, -0.2) is 0 Å². The van der Waals surface area contributed by atoms with E-state index in [1.807, 2.05) is 6.07 Å². The summed E-state index contributed by atoms with van der Waals surface area (Å²) in [6.07, 6.45) is 6.92. The number of phenols is 1. The molecule has 0 radical (unpaired) electrons. The second-order valence-electron chi connectivity index (χ2n) is 5.32. The van der Waals surface area contributed by atoms with Crippen molar-refractivity contribution in [1.29, 1.82) is 0 Å². The molecule has 1 N–H and O–H groups in total. The van der Waals surface area contributed by atoms with Gasteiger partial charge in [0.05, 0.1) is 0 Å². The van der Waals surface area contributed by atoms with Crippen molar-refractivity contribution < 1.29 is 5.11 Å². The Kier molecular flexibility index (Phi) is 3.76. The van der Waals surface area contributed by atoms with Crippen molar-refractivity contribution in [3.63, 3.8) is 0 Å². The van der Waals surface area contributed by atoms with E-state index < -0.39 is 0 Å². The molecule has 2 rings (SSSR count). The smallest absolute Gasteiger partial charge is 0.119 e. The van der Waals surface area contributed by atoms with Crippen LogP contribution in [-0.2, 0) is 19.3 Å². The number of aromatic hydroxyl groups is 1. The highest BCUT2D eigenvalue weighted by Gasteiger charge is 2.25. The average Bonchev–Trinajstić information content (AvgIpc) is 2.70. The van der Waals surface area contributed by atoms with Gasteiger partial charge in [-0.2, -0.15) is 0 Å². The molecule has 1 aromatic rings. The Balaban J connectivity index is 2.47. The zero-order valence-corrected chi connectivity index (χ0v) is 11.3. The van der Waals surface area contributed by atoms with Crippen LogP contribution in [0, 0.1) is 0 Å². The van der Waals surface area contributed by atoms with Crippen molar-refractivity contribution >= 4 is 0 Å². The first-order valence-corrected chi connectivity index (χ1v) is 7.05. The molecule has 1 unspecified atom stereocenters. The number of fused-ring (bicyclic) bond motifs is 1. The van der Waals surface area contributed by atoms with Crippen LogP contribution in [0.3, 0.4) is 0 Å². The molecule has 0 saturated carbocycles. The predicted octanol–water partition coefficient (Wildman–Crippen LogP) is 4.35. The number of rotatable bonds is 4. The van der Waals surface area contributed by atoms with E-state index in [2.05, 4.69) is 20.8 Å². The normalized spacial score (nSPS) is 18.4. The summed E-state index contributed by atoms with van der Waals surface area (Å²) in [7, 11) is 0. The van der Waals surface area contributed by atoms with Crippen molar-refractivity contribution in [3.05, 3.63) is 28.3 Å². The highest BCUT2D eigenvalue weighted by Crippen LogP contribution is 2.42. The minimum atomic E-state index is 0.549. The number of hydrogen-bond acceptors (Lipinski definition) is 1. The topological polar surface area (TPSA) is 20.2 Å². The van der Waals surface area contributed by atoms with Crippen LogP contribution in [0.1, 0.15) is 68.2 Å². The Hall–Kier alpha value is -0.980. The number of unbranched alkanes of at least 4 members (excludes halogenated alkanes) is 1. The Morgan fingerprint density at radius 3 is 2.76 bits per heavy atom. The molecule has 0 aliphatic heterocycles. The highest BCUT2D eigenvalue weighted by molar-refractivity contribution is 5.53. The SMILES string of the molecule is CCCCc1cc(O)c2c(c1CC)C(C)CC2. The molecule has 1 aliphatic carbocycles. The van der Waals surface area contributed by atoms with E-state index in [0.717, 1.165) is 19.3 Å². The fourth-order valence-electron chi connectivity index (χ4n) is 3.20. The molecule has 1 nitrogen and oxygen atoms in total. The number of aryl methyl sites for hydroxylation is 1. The first-order chi connectivity index (χ1) is 8.19. The molecule has 1 aliphatic rings. The lowest BCUT2D eigenvalue weighted by atomic mass is 9.89. The van der Waals surface area contributed by atoms with Crippen LogP contribution in [0.25, 0.3) is 0 Å². The van der Waals surface area contributed by atoms with Gasteiger partial charge in [0, 0.05) is 0 Å². The minimum Gasteiger partial charge on any atom is -0.508 e. The summed E-state index contributed by atoms with van der Waals surface area (Å²) in [4.78, 5) is 0. The largest absolute Gasteiger partial charge is 0.508 e. The van der Waals surface area contributed by atoms with Crippen molar-refractivity contribution in [2.24, 2.45) is 0 Å². The van der Waals surface area contributed by atoms with Gasteiger partial charge in [0.25, 0.3) is 0 Å². The lowest BCUT2D eigenvalue weighted by Crippen LogP contribution is -2.02. The molecular formula is C16H24O. The van der Waals surface area contributed by atoms with Crippen molar-refractivity contribution in [2.75, 3.05) is 0 Å². The van der Waals surface area contributed by atoms with Crippen LogP contribution in [0.5, 0.6) is 5.75 Å². The van der Waals surface area contributed by atoms with Gasteiger partial charge >= 0.3 is 0 Å². The monoisotopic (exact) mass is 232 g/mol. The molecular weight excluding hydrogens is 208 g/mol. The maximum absolute atomic E-state index is 10.1. The Morgan fingerprint density at radius 1 is 1.35 bits per heavy atom. The molecule has 0 spiro atoms. The molecule has 0 amide bonds. The summed E-state index contributed by atoms with van der Waals surface area (Å²) in [5, 5.41) is 10.1. The van der Waals surface area contributed by atoms with E-state index in [9.17, 15) is 5.11 Å². The molecule has 1 atom stereocenters. The Bertz CT molecular complexity index is 406. The minimum absolute atomic E-state index is 0.549. The van der Waals surface area contributed by atoms with Crippen LogP contribution >= 0.6 is 0 Å². The zero-order valence-electron chi connectivity index (χ0n) is 11.3. The molecule has 1 heteroatoms. The molecule has 0 bridgehead atoms. The zero-order chi connectivity index (χ0) is 12.4.